The second kappa shape index (κ2) is 7.71. The summed E-state index contributed by atoms with van der Waals surface area (Å²) in [6.07, 6.45) is 2.46. The van der Waals surface area contributed by atoms with E-state index in [-0.39, 0.29) is 17.6 Å². The number of likely N-dealkylation sites (tertiary alicyclic amines) is 1. The molecule has 1 atom stereocenters. The van der Waals surface area contributed by atoms with E-state index in [2.05, 4.69) is 20.5 Å². The summed E-state index contributed by atoms with van der Waals surface area (Å²) in [6, 6.07) is 9.65. The van der Waals surface area contributed by atoms with Gasteiger partial charge in [-0.3, -0.25) is 9.48 Å². The van der Waals surface area contributed by atoms with E-state index in [1.54, 1.807) is 42.4 Å². The lowest BCUT2D eigenvalue weighted by Crippen LogP contribution is -2.29. The van der Waals surface area contributed by atoms with Crippen LogP contribution in [-0.2, 0) is 7.05 Å². The zero-order chi connectivity index (χ0) is 19.5. The lowest BCUT2D eigenvalue weighted by molar-refractivity contribution is 0.0777. The largest absolute Gasteiger partial charge is 0.476 e. The molecule has 1 amide bonds. The third-order valence-corrected chi connectivity index (χ3v) is 4.62. The number of halogens is 1. The average molecular weight is 382 g/mol. The van der Waals surface area contributed by atoms with Crippen LogP contribution >= 0.6 is 0 Å². The van der Waals surface area contributed by atoms with E-state index >= 15 is 0 Å². The Labute approximate surface area is 160 Å². The molecule has 0 spiro atoms. The molecular weight excluding hydrogens is 363 g/mol. The van der Waals surface area contributed by atoms with E-state index < -0.39 is 0 Å². The zero-order valence-electron chi connectivity index (χ0n) is 15.3. The van der Waals surface area contributed by atoms with Crippen molar-refractivity contribution < 1.29 is 13.9 Å². The van der Waals surface area contributed by atoms with E-state index in [1.807, 2.05) is 0 Å². The summed E-state index contributed by atoms with van der Waals surface area (Å²) in [5, 5.41) is 15.8. The van der Waals surface area contributed by atoms with Crippen LogP contribution in [0.2, 0.25) is 0 Å². The number of nitrogens with zero attached hydrogens (tertiary/aromatic N) is 6. The molecule has 1 aromatic carbocycles. The Morgan fingerprint density at radius 2 is 2.14 bits per heavy atom. The van der Waals surface area contributed by atoms with Gasteiger partial charge in [0, 0.05) is 37.7 Å². The Bertz CT molecular complexity index is 975. The lowest BCUT2D eigenvalue weighted by atomic mass is 10.1. The number of hydrogen-bond donors (Lipinski definition) is 0. The maximum atomic E-state index is 13.3. The molecule has 4 rings (SSSR count). The lowest BCUT2D eigenvalue weighted by Gasteiger charge is -2.15. The average Bonchev–Trinajstić information content (AvgIpc) is 3.35. The van der Waals surface area contributed by atoms with Crippen LogP contribution in [0, 0.1) is 11.7 Å². The summed E-state index contributed by atoms with van der Waals surface area (Å²) >= 11 is 0. The van der Waals surface area contributed by atoms with Crippen LogP contribution in [-0.4, -0.2) is 55.7 Å². The molecule has 1 fully saturated rings. The fourth-order valence-corrected chi connectivity index (χ4v) is 3.16. The van der Waals surface area contributed by atoms with Gasteiger partial charge in [0.2, 0.25) is 5.88 Å². The maximum Gasteiger partial charge on any atom is 0.276 e. The summed E-state index contributed by atoms with van der Waals surface area (Å²) in [6.45, 7) is 1.70. The minimum atomic E-state index is -0.318. The summed E-state index contributed by atoms with van der Waals surface area (Å²) in [5.41, 5.74) is 1.59. The number of aromatic nitrogens is 5. The second-order valence-electron chi connectivity index (χ2n) is 6.76. The predicted octanol–water partition coefficient (Wildman–Crippen LogP) is 1.95. The molecule has 0 aliphatic carbocycles. The number of aryl methyl sites for hydroxylation is 1. The minimum Gasteiger partial charge on any atom is -0.476 e. The van der Waals surface area contributed by atoms with Gasteiger partial charge in [-0.1, -0.05) is 17.3 Å². The highest BCUT2D eigenvalue weighted by Crippen LogP contribution is 2.21. The standard InChI is InChI=1S/C19H19FN6O2/c1-25-11-17(22-24-25)19(27)26-8-7-13(10-26)12-28-18-6-5-16(21-23-18)14-3-2-4-15(20)9-14/h2-6,9,11,13H,7-8,10,12H2,1H3. The number of amides is 1. The van der Waals surface area contributed by atoms with Crippen LogP contribution in [0.1, 0.15) is 16.9 Å². The summed E-state index contributed by atoms with van der Waals surface area (Å²) < 4.78 is 20.5. The molecule has 1 aliphatic heterocycles. The van der Waals surface area contributed by atoms with Crippen LogP contribution in [0.15, 0.2) is 42.6 Å². The molecule has 144 valence electrons. The Kier molecular flexibility index (Phi) is 4.96. The number of benzene rings is 1. The number of rotatable bonds is 5. The molecule has 0 N–H and O–H groups in total. The third-order valence-electron chi connectivity index (χ3n) is 4.62. The van der Waals surface area contributed by atoms with Crippen molar-refractivity contribution in [3.63, 3.8) is 0 Å². The quantitative estimate of drug-likeness (QED) is 0.670. The SMILES string of the molecule is Cn1cc(C(=O)N2CCC(COc3ccc(-c4cccc(F)c4)nn3)C2)nn1. The number of carbonyl (C=O) groups is 1. The number of carbonyl (C=O) groups excluding carboxylic acids is 1. The molecule has 1 unspecified atom stereocenters. The number of hydrogen-bond acceptors (Lipinski definition) is 6. The highest BCUT2D eigenvalue weighted by molar-refractivity contribution is 5.92. The van der Waals surface area contributed by atoms with E-state index in [0.717, 1.165) is 6.42 Å². The van der Waals surface area contributed by atoms with Crippen LogP contribution in [0.4, 0.5) is 4.39 Å². The van der Waals surface area contributed by atoms with Crippen molar-refractivity contribution in [1.82, 2.24) is 30.1 Å². The van der Waals surface area contributed by atoms with Crippen molar-refractivity contribution in [2.24, 2.45) is 13.0 Å². The molecule has 3 heterocycles. The maximum absolute atomic E-state index is 13.3. The highest BCUT2D eigenvalue weighted by atomic mass is 19.1. The molecule has 0 bridgehead atoms. The van der Waals surface area contributed by atoms with Gasteiger partial charge in [-0.15, -0.1) is 15.3 Å². The molecular formula is C19H19FN6O2. The van der Waals surface area contributed by atoms with Gasteiger partial charge in [0.25, 0.3) is 5.91 Å². The molecule has 0 saturated carbocycles. The van der Waals surface area contributed by atoms with Gasteiger partial charge in [-0.05, 0) is 24.6 Å². The topological polar surface area (TPSA) is 86.0 Å². The second-order valence-corrected chi connectivity index (χ2v) is 6.76. The first kappa shape index (κ1) is 18.0. The van der Waals surface area contributed by atoms with Crippen molar-refractivity contribution in [3.05, 3.63) is 54.1 Å². The molecule has 9 heteroatoms. The molecule has 2 aromatic heterocycles. The van der Waals surface area contributed by atoms with Crippen molar-refractivity contribution in [1.29, 1.82) is 0 Å². The van der Waals surface area contributed by atoms with E-state index in [0.29, 0.717) is 42.5 Å². The van der Waals surface area contributed by atoms with Crippen LogP contribution in [0.5, 0.6) is 5.88 Å². The fraction of sp³-hybridized carbons (Fsp3) is 0.316. The Morgan fingerprint density at radius 3 is 2.86 bits per heavy atom. The van der Waals surface area contributed by atoms with Gasteiger partial charge in [-0.2, -0.15) is 0 Å². The Hall–Kier alpha value is -3.36. The van der Waals surface area contributed by atoms with Gasteiger partial charge in [0.1, 0.15) is 5.82 Å². The first-order valence-corrected chi connectivity index (χ1v) is 8.96. The molecule has 1 saturated heterocycles. The van der Waals surface area contributed by atoms with Crippen molar-refractivity contribution in [2.75, 3.05) is 19.7 Å². The zero-order valence-corrected chi connectivity index (χ0v) is 15.3. The molecule has 8 nitrogen and oxygen atoms in total. The van der Waals surface area contributed by atoms with Gasteiger partial charge < -0.3 is 9.64 Å². The molecule has 3 aromatic rings. The Morgan fingerprint density at radius 1 is 1.25 bits per heavy atom. The fourth-order valence-electron chi connectivity index (χ4n) is 3.16. The van der Waals surface area contributed by atoms with E-state index in [9.17, 15) is 9.18 Å². The van der Waals surface area contributed by atoms with Crippen LogP contribution in [0.25, 0.3) is 11.3 Å². The summed E-state index contributed by atoms with van der Waals surface area (Å²) in [4.78, 5) is 14.2. The third kappa shape index (κ3) is 3.98. The monoisotopic (exact) mass is 382 g/mol. The minimum absolute atomic E-state index is 0.116. The van der Waals surface area contributed by atoms with Crippen molar-refractivity contribution in [3.8, 4) is 17.1 Å². The van der Waals surface area contributed by atoms with Crippen molar-refractivity contribution >= 4 is 5.91 Å². The van der Waals surface area contributed by atoms with Crippen LogP contribution < -0.4 is 4.74 Å². The summed E-state index contributed by atoms with van der Waals surface area (Å²) in [7, 11) is 1.73. The van der Waals surface area contributed by atoms with Crippen molar-refractivity contribution in [2.45, 2.75) is 6.42 Å². The summed E-state index contributed by atoms with van der Waals surface area (Å²) in [5.74, 6) is 0.181. The van der Waals surface area contributed by atoms with Gasteiger partial charge in [0.15, 0.2) is 5.69 Å². The molecule has 28 heavy (non-hydrogen) atoms. The van der Waals surface area contributed by atoms with Gasteiger partial charge in [-0.25, -0.2) is 4.39 Å². The first-order valence-electron chi connectivity index (χ1n) is 8.96. The smallest absolute Gasteiger partial charge is 0.276 e. The highest BCUT2D eigenvalue weighted by Gasteiger charge is 2.28. The van der Waals surface area contributed by atoms with Gasteiger partial charge in [0.05, 0.1) is 18.5 Å². The molecule has 0 radical (unpaired) electrons. The predicted molar refractivity (Wildman–Crippen MR) is 97.9 cm³/mol. The first-order chi connectivity index (χ1) is 13.6. The Balaban J connectivity index is 1.31. The van der Waals surface area contributed by atoms with Gasteiger partial charge >= 0.3 is 0 Å². The molecule has 1 aliphatic rings. The van der Waals surface area contributed by atoms with E-state index in [4.69, 9.17) is 4.74 Å². The number of ether oxygens (including phenoxy) is 1. The normalized spacial score (nSPS) is 16.4. The van der Waals surface area contributed by atoms with E-state index in [1.165, 1.54) is 16.8 Å². The van der Waals surface area contributed by atoms with Crippen LogP contribution in [0.3, 0.4) is 0 Å².